The number of rotatable bonds is 2. The number of fused-ring (bicyclic) bond motifs is 1. The van der Waals surface area contributed by atoms with Crippen LogP contribution in [0.1, 0.15) is 18.2 Å². The third-order valence-corrected chi connectivity index (χ3v) is 3.86. The average molecular weight is 265 g/mol. The van der Waals surface area contributed by atoms with Gasteiger partial charge in [0.05, 0.1) is 5.92 Å². The van der Waals surface area contributed by atoms with E-state index in [4.69, 9.17) is 4.52 Å². The Labute approximate surface area is 116 Å². The third-order valence-electron chi connectivity index (χ3n) is 3.86. The van der Waals surface area contributed by atoms with Crippen molar-refractivity contribution in [1.82, 2.24) is 15.5 Å². The van der Waals surface area contributed by atoms with Gasteiger partial charge < -0.3 is 9.84 Å². The second kappa shape index (κ2) is 4.72. The van der Waals surface area contributed by atoms with Crippen molar-refractivity contribution in [3.05, 3.63) is 48.4 Å². The number of nitrogens with one attached hydrogen (secondary N) is 1. The van der Waals surface area contributed by atoms with Crippen LogP contribution >= 0.6 is 0 Å². The molecule has 0 aliphatic carbocycles. The van der Waals surface area contributed by atoms with Crippen molar-refractivity contribution in [2.45, 2.75) is 12.3 Å². The molecule has 1 unspecified atom stereocenters. The second-order valence-corrected chi connectivity index (χ2v) is 5.21. The Hall–Kier alpha value is -2.20. The first-order valence-electron chi connectivity index (χ1n) is 6.94. The Morgan fingerprint density at radius 2 is 2.00 bits per heavy atom. The molecule has 2 heterocycles. The smallest absolute Gasteiger partial charge is 0.231 e. The van der Waals surface area contributed by atoms with Crippen molar-refractivity contribution in [3.8, 4) is 11.4 Å². The van der Waals surface area contributed by atoms with Gasteiger partial charge in [0.15, 0.2) is 0 Å². The van der Waals surface area contributed by atoms with Crippen molar-refractivity contribution in [3.63, 3.8) is 0 Å². The number of aromatic nitrogens is 2. The maximum absolute atomic E-state index is 5.41. The third kappa shape index (κ3) is 1.98. The van der Waals surface area contributed by atoms with E-state index in [1.54, 1.807) is 0 Å². The molecule has 1 aromatic heterocycles. The molecule has 0 saturated carbocycles. The van der Waals surface area contributed by atoms with Crippen molar-refractivity contribution in [1.29, 1.82) is 0 Å². The maximum Gasteiger partial charge on any atom is 0.231 e. The summed E-state index contributed by atoms with van der Waals surface area (Å²) in [6.07, 6.45) is 1.07. The first kappa shape index (κ1) is 11.6. The van der Waals surface area contributed by atoms with E-state index in [0.29, 0.717) is 11.7 Å². The van der Waals surface area contributed by atoms with Crippen molar-refractivity contribution >= 4 is 10.8 Å². The molecule has 0 amide bonds. The van der Waals surface area contributed by atoms with Crippen LogP contribution in [-0.2, 0) is 0 Å². The molecule has 0 spiro atoms. The highest BCUT2D eigenvalue weighted by Crippen LogP contribution is 2.26. The van der Waals surface area contributed by atoms with Crippen LogP contribution in [0.3, 0.4) is 0 Å². The van der Waals surface area contributed by atoms with Gasteiger partial charge >= 0.3 is 0 Å². The van der Waals surface area contributed by atoms with Crippen LogP contribution in [-0.4, -0.2) is 23.2 Å². The first-order valence-corrected chi connectivity index (χ1v) is 6.94. The molecule has 100 valence electrons. The number of benzene rings is 2. The average Bonchev–Trinajstić information content (AvgIpc) is 3.17. The zero-order valence-corrected chi connectivity index (χ0v) is 11.0. The van der Waals surface area contributed by atoms with Crippen LogP contribution in [0.5, 0.6) is 0 Å². The fourth-order valence-corrected chi connectivity index (χ4v) is 2.71. The molecular formula is C16H15N3O. The molecule has 4 rings (SSSR count). The number of nitrogens with zero attached hydrogens (tertiary/aromatic N) is 2. The van der Waals surface area contributed by atoms with E-state index in [1.165, 1.54) is 10.8 Å². The van der Waals surface area contributed by atoms with Crippen LogP contribution in [0.25, 0.3) is 22.2 Å². The molecule has 3 aromatic rings. The van der Waals surface area contributed by atoms with E-state index in [0.717, 1.165) is 31.0 Å². The fourth-order valence-electron chi connectivity index (χ4n) is 2.71. The van der Waals surface area contributed by atoms with Crippen LogP contribution in [0.15, 0.2) is 47.0 Å². The van der Waals surface area contributed by atoms with Gasteiger partial charge in [-0.2, -0.15) is 4.98 Å². The monoisotopic (exact) mass is 265 g/mol. The first-order chi connectivity index (χ1) is 9.90. The summed E-state index contributed by atoms with van der Waals surface area (Å²) in [6.45, 7) is 1.96. The van der Waals surface area contributed by atoms with Crippen LogP contribution in [0.2, 0.25) is 0 Å². The summed E-state index contributed by atoms with van der Waals surface area (Å²) in [5.74, 6) is 1.78. The van der Waals surface area contributed by atoms with Gasteiger partial charge in [0.1, 0.15) is 0 Å². The lowest BCUT2D eigenvalue weighted by Crippen LogP contribution is -2.08. The summed E-state index contributed by atoms with van der Waals surface area (Å²) in [6, 6.07) is 14.5. The molecule has 1 N–H and O–H groups in total. The minimum atomic E-state index is 0.358. The Kier molecular flexibility index (Phi) is 2.74. The predicted octanol–water partition coefficient (Wildman–Crippen LogP) is 2.97. The largest absolute Gasteiger partial charge is 0.339 e. The normalized spacial score (nSPS) is 18.7. The van der Waals surface area contributed by atoms with Gasteiger partial charge in [-0.1, -0.05) is 41.6 Å². The van der Waals surface area contributed by atoms with E-state index >= 15 is 0 Å². The highest BCUT2D eigenvalue weighted by molar-refractivity contribution is 5.86. The Balaban J connectivity index is 1.71. The van der Waals surface area contributed by atoms with Gasteiger partial charge in [-0.05, 0) is 29.8 Å². The zero-order chi connectivity index (χ0) is 13.4. The summed E-state index contributed by atoms with van der Waals surface area (Å²) in [5, 5.41) is 9.86. The summed E-state index contributed by atoms with van der Waals surface area (Å²) >= 11 is 0. The molecule has 0 bridgehead atoms. The summed E-state index contributed by atoms with van der Waals surface area (Å²) in [5.41, 5.74) is 1.00. The fraction of sp³-hybridized carbons (Fsp3) is 0.250. The lowest BCUT2D eigenvalue weighted by atomic mass is 10.1. The molecule has 1 fully saturated rings. The van der Waals surface area contributed by atoms with E-state index in [2.05, 4.69) is 39.7 Å². The van der Waals surface area contributed by atoms with E-state index in [-0.39, 0.29) is 0 Å². The number of hydrogen-bond acceptors (Lipinski definition) is 4. The van der Waals surface area contributed by atoms with Gasteiger partial charge in [0.25, 0.3) is 0 Å². The summed E-state index contributed by atoms with van der Waals surface area (Å²) in [4.78, 5) is 4.55. The molecule has 4 nitrogen and oxygen atoms in total. The molecule has 1 saturated heterocycles. The lowest BCUT2D eigenvalue weighted by molar-refractivity contribution is 0.359. The topological polar surface area (TPSA) is 51.0 Å². The molecule has 1 aliphatic rings. The predicted molar refractivity (Wildman–Crippen MR) is 77.5 cm³/mol. The van der Waals surface area contributed by atoms with Gasteiger partial charge in [-0.15, -0.1) is 0 Å². The standard InChI is InChI=1S/C16H15N3O/c1-2-4-12-9-13(6-5-11(12)3-1)15-18-16(20-19-15)14-7-8-17-10-14/h1-6,9,14,17H,7-8,10H2. The van der Waals surface area contributed by atoms with Gasteiger partial charge in [-0.25, -0.2) is 0 Å². The minimum absolute atomic E-state index is 0.358. The van der Waals surface area contributed by atoms with E-state index < -0.39 is 0 Å². The Bertz CT molecular complexity index is 744. The highest BCUT2D eigenvalue weighted by Gasteiger charge is 2.23. The van der Waals surface area contributed by atoms with Crippen molar-refractivity contribution in [2.24, 2.45) is 0 Å². The number of hydrogen-bond donors (Lipinski definition) is 1. The molecule has 1 atom stereocenters. The minimum Gasteiger partial charge on any atom is -0.339 e. The van der Waals surface area contributed by atoms with E-state index in [1.807, 2.05) is 18.2 Å². The van der Waals surface area contributed by atoms with Gasteiger partial charge in [-0.3, -0.25) is 0 Å². The molecule has 1 aliphatic heterocycles. The summed E-state index contributed by atoms with van der Waals surface area (Å²) < 4.78 is 5.41. The molecule has 4 heteroatoms. The van der Waals surface area contributed by atoms with Gasteiger partial charge in [0, 0.05) is 12.1 Å². The molecule has 20 heavy (non-hydrogen) atoms. The zero-order valence-electron chi connectivity index (χ0n) is 11.0. The molecule has 0 radical (unpaired) electrons. The summed E-state index contributed by atoms with van der Waals surface area (Å²) in [7, 11) is 0. The molecule has 2 aromatic carbocycles. The van der Waals surface area contributed by atoms with Crippen LogP contribution in [0.4, 0.5) is 0 Å². The van der Waals surface area contributed by atoms with E-state index in [9.17, 15) is 0 Å². The van der Waals surface area contributed by atoms with Crippen LogP contribution < -0.4 is 5.32 Å². The maximum atomic E-state index is 5.41. The van der Waals surface area contributed by atoms with Crippen molar-refractivity contribution in [2.75, 3.05) is 13.1 Å². The lowest BCUT2D eigenvalue weighted by Gasteiger charge is -2.00. The second-order valence-electron chi connectivity index (χ2n) is 5.21. The SMILES string of the molecule is c1ccc2cc(-c3noc(C4CCNC4)n3)ccc2c1. The quantitative estimate of drug-likeness (QED) is 0.774. The highest BCUT2D eigenvalue weighted by atomic mass is 16.5. The Morgan fingerprint density at radius 3 is 2.85 bits per heavy atom. The van der Waals surface area contributed by atoms with Crippen molar-refractivity contribution < 1.29 is 4.52 Å². The van der Waals surface area contributed by atoms with Crippen LogP contribution in [0, 0.1) is 0 Å². The molecular weight excluding hydrogens is 250 g/mol. The van der Waals surface area contributed by atoms with Gasteiger partial charge in [0.2, 0.25) is 11.7 Å². The Morgan fingerprint density at radius 1 is 1.10 bits per heavy atom.